The van der Waals surface area contributed by atoms with Crippen molar-refractivity contribution in [3.8, 4) is 0 Å². The molecule has 0 aromatic rings. The van der Waals surface area contributed by atoms with Crippen molar-refractivity contribution in [2.45, 2.75) is 26.2 Å². The number of hydrogen-bond donors (Lipinski definition) is 2. The summed E-state index contributed by atoms with van der Waals surface area (Å²) in [6.07, 6.45) is 4.19. The Labute approximate surface area is 111 Å². The van der Waals surface area contributed by atoms with Crippen LogP contribution in [0.4, 0.5) is 0 Å². The predicted molar refractivity (Wildman–Crippen MR) is 67.7 cm³/mol. The number of allylic oxidation sites excluding steroid dienone is 1. The number of imide groups is 1. The Hall–Kier alpha value is -1.65. The summed E-state index contributed by atoms with van der Waals surface area (Å²) in [6, 6.07) is 0. The second-order valence-electron chi connectivity index (χ2n) is 5.68. The molecule has 102 valence electrons. The quantitative estimate of drug-likeness (QED) is 0.567. The molecule has 5 heteroatoms. The van der Waals surface area contributed by atoms with Gasteiger partial charge in [-0.2, -0.15) is 0 Å². The van der Waals surface area contributed by atoms with Crippen LogP contribution < -0.4 is 10.6 Å². The minimum Gasteiger partial charge on any atom is -0.356 e. The van der Waals surface area contributed by atoms with Gasteiger partial charge in [0.25, 0.3) is 0 Å². The smallest absolute Gasteiger partial charge is 0.231 e. The molecule has 0 radical (unpaired) electrons. The van der Waals surface area contributed by atoms with Crippen molar-refractivity contribution in [1.82, 2.24) is 10.6 Å². The zero-order valence-electron chi connectivity index (χ0n) is 10.9. The van der Waals surface area contributed by atoms with Crippen molar-refractivity contribution >= 4 is 17.7 Å². The van der Waals surface area contributed by atoms with Crippen LogP contribution in [0.2, 0.25) is 0 Å². The van der Waals surface area contributed by atoms with Crippen LogP contribution in [-0.2, 0) is 14.4 Å². The van der Waals surface area contributed by atoms with Gasteiger partial charge in [-0.15, -0.1) is 0 Å². The maximum Gasteiger partial charge on any atom is 0.231 e. The van der Waals surface area contributed by atoms with Gasteiger partial charge in [0.05, 0.1) is 11.8 Å². The average Bonchev–Trinajstić information content (AvgIpc) is 3.00. The third-order valence-corrected chi connectivity index (χ3v) is 4.50. The zero-order valence-corrected chi connectivity index (χ0v) is 10.9. The number of hydrogen-bond acceptors (Lipinski definition) is 3. The summed E-state index contributed by atoms with van der Waals surface area (Å²) < 4.78 is 0. The van der Waals surface area contributed by atoms with E-state index in [9.17, 15) is 14.4 Å². The van der Waals surface area contributed by atoms with Crippen LogP contribution in [0.1, 0.15) is 26.2 Å². The lowest BCUT2D eigenvalue weighted by molar-refractivity contribution is -0.127. The molecule has 2 N–H and O–H groups in total. The molecule has 1 saturated carbocycles. The molecule has 0 aromatic heterocycles. The van der Waals surface area contributed by atoms with Crippen LogP contribution in [0.25, 0.3) is 0 Å². The van der Waals surface area contributed by atoms with Crippen LogP contribution in [0.3, 0.4) is 0 Å². The third kappa shape index (κ3) is 1.88. The fraction of sp³-hybridized carbons (Fsp3) is 0.643. The Bertz CT molecular complexity index is 483. The molecule has 4 atom stereocenters. The van der Waals surface area contributed by atoms with Gasteiger partial charge in [0, 0.05) is 13.0 Å². The predicted octanol–water partition coefficient (Wildman–Crippen LogP) is 0.368. The van der Waals surface area contributed by atoms with E-state index in [1.54, 1.807) is 0 Å². The normalized spacial score (nSPS) is 35.1. The van der Waals surface area contributed by atoms with Crippen LogP contribution in [-0.4, -0.2) is 24.3 Å². The SMILES string of the molecule is CCCNC(=O)CC1=C[C@H]2C[C@@H]1[C@H]1C(=O)NC(=O)[C@H]12. The van der Waals surface area contributed by atoms with Crippen molar-refractivity contribution < 1.29 is 14.4 Å². The second-order valence-corrected chi connectivity index (χ2v) is 5.68. The summed E-state index contributed by atoms with van der Waals surface area (Å²) in [7, 11) is 0. The van der Waals surface area contributed by atoms with E-state index < -0.39 is 0 Å². The molecule has 0 unspecified atom stereocenters. The van der Waals surface area contributed by atoms with Crippen molar-refractivity contribution in [1.29, 1.82) is 0 Å². The second kappa shape index (κ2) is 4.47. The molecule has 2 fully saturated rings. The standard InChI is InChI=1S/C14H18N2O3/c1-2-3-15-10(17)6-7-4-8-5-9(7)12-11(8)13(18)16-14(12)19/h4,8-9,11-12H,2-3,5-6H2,1H3,(H,15,17)(H,16,18,19)/t8-,9-,11-,12+/m0/s1. The molecule has 1 aliphatic heterocycles. The lowest BCUT2D eigenvalue weighted by atomic mass is 9.80. The van der Waals surface area contributed by atoms with E-state index in [0.717, 1.165) is 18.4 Å². The van der Waals surface area contributed by atoms with Gasteiger partial charge in [0.15, 0.2) is 0 Å². The number of carbonyl (C=O) groups is 3. The van der Waals surface area contributed by atoms with E-state index in [1.165, 1.54) is 0 Å². The van der Waals surface area contributed by atoms with Crippen LogP contribution in [0.5, 0.6) is 0 Å². The summed E-state index contributed by atoms with van der Waals surface area (Å²) >= 11 is 0. The van der Waals surface area contributed by atoms with Crippen molar-refractivity contribution in [2.24, 2.45) is 23.7 Å². The molecule has 1 saturated heterocycles. The first kappa shape index (κ1) is 12.4. The molecule has 3 rings (SSSR count). The maximum absolute atomic E-state index is 11.8. The molecular formula is C14H18N2O3. The fourth-order valence-electron chi connectivity index (χ4n) is 3.75. The Morgan fingerprint density at radius 3 is 2.84 bits per heavy atom. The van der Waals surface area contributed by atoms with E-state index in [2.05, 4.69) is 16.7 Å². The first-order valence-corrected chi connectivity index (χ1v) is 6.93. The van der Waals surface area contributed by atoms with Crippen molar-refractivity contribution in [2.75, 3.05) is 6.54 Å². The van der Waals surface area contributed by atoms with E-state index in [4.69, 9.17) is 0 Å². The summed E-state index contributed by atoms with van der Waals surface area (Å²) in [5, 5.41) is 5.27. The molecule has 0 spiro atoms. The number of carbonyl (C=O) groups excluding carboxylic acids is 3. The van der Waals surface area contributed by atoms with Crippen LogP contribution in [0, 0.1) is 23.7 Å². The van der Waals surface area contributed by atoms with Gasteiger partial charge in [-0.3, -0.25) is 19.7 Å². The minimum atomic E-state index is -0.225. The van der Waals surface area contributed by atoms with Crippen molar-refractivity contribution in [3.05, 3.63) is 11.6 Å². The Morgan fingerprint density at radius 1 is 1.37 bits per heavy atom. The number of nitrogens with one attached hydrogen (secondary N) is 2. The van der Waals surface area contributed by atoms with Gasteiger partial charge in [-0.05, 0) is 24.7 Å². The Kier molecular flexibility index (Phi) is 2.92. The molecule has 3 amide bonds. The van der Waals surface area contributed by atoms with Gasteiger partial charge < -0.3 is 5.32 Å². The summed E-state index contributed by atoms with van der Waals surface area (Å²) in [5.74, 6) is -0.432. The molecule has 3 aliphatic rings. The first-order valence-electron chi connectivity index (χ1n) is 6.93. The molecular weight excluding hydrogens is 244 g/mol. The van der Waals surface area contributed by atoms with Gasteiger partial charge in [-0.25, -0.2) is 0 Å². The van der Waals surface area contributed by atoms with E-state index in [-0.39, 0.29) is 41.4 Å². The topological polar surface area (TPSA) is 75.3 Å². The Morgan fingerprint density at radius 2 is 2.11 bits per heavy atom. The van der Waals surface area contributed by atoms with Gasteiger partial charge >= 0.3 is 0 Å². The molecule has 2 bridgehead atoms. The molecule has 5 nitrogen and oxygen atoms in total. The lowest BCUT2D eigenvalue weighted by Gasteiger charge is -2.21. The largest absolute Gasteiger partial charge is 0.356 e. The van der Waals surface area contributed by atoms with Gasteiger partial charge in [0.1, 0.15) is 0 Å². The highest BCUT2D eigenvalue weighted by Crippen LogP contribution is 2.54. The summed E-state index contributed by atoms with van der Waals surface area (Å²) in [5.41, 5.74) is 1.05. The van der Waals surface area contributed by atoms with E-state index in [1.807, 2.05) is 6.92 Å². The average molecular weight is 262 g/mol. The van der Waals surface area contributed by atoms with Crippen LogP contribution in [0.15, 0.2) is 11.6 Å². The molecule has 1 heterocycles. The number of fused-ring (bicyclic) bond motifs is 5. The van der Waals surface area contributed by atoms with E-state index in [0.29, 0.717) is 13.0 Å². The molecule has 19 heavy (non-hydrogen) atoms. The summed E-state index contributed by atoms with van der Waals surface area (Å²) in [6.45, 7) is 2.70. The van der Waals surface area contributed by atoms with Crippen molar-refractivity contribution in [3.63, 3.8) is 0 Å². The zero-order chi connectivity index (χ0) is 13.6. The number of amides is 3. The summed E-state index contributed by atoms with van der Waals surface area (Å²) in [4.78, 5) is 35.2. The molecule has 0 aromatic carbocycles. The van der Waals surface area contributed by atoms with Gasteiger partial charge in [0.2, 0.25) is 17.7 Å². The van der Waals surface area contributed by atoms with Crippen LogP contribution >= 0.6 is 0 Å². The lowest BCUT2D eigenvalue weighted by Crippen LogP contribution is -2.29. The monoisotopic (exact) mass is 262 g/mol. The highest BCUT2D eigenvalue weighted by atomic mass is 16.2. The molecule has 2 aliphatic carbocycles. The fourth-order valence-corrected chi connectivity index (χ4v) is 3.75. The Balaban J connectivity index is 1.71. The third-order valence-electron chi connectivity index (χ3n) is 4.50. The minimum absolute atomic E-state index is 0.0157. The highest BCUT2D eigenvalue weighted by molar-refractivity contribution is 6.06. The first-order chi connectivity index (χ1) is 9.11. The highest BCUT2D eigenvalue weighted by Gasteiger charge is 2.58. The van der Waals surface area contributed by atoms with Gasteiger partial charge in [-0.1, -0.05) is 18.6 Å². The maximum atomic E-state index is 11.8. The number of rotatable bonds is 4. The van der Waals surface area contributed by atoms with E-state index >= 15 is 0 Å².